The van der Waals surface area contributed by atoms with Crippen LogP contribution >= 0.6 is 11.6 Å². The van der Waals surface area contributed by atoms with Crippen LogP contribution < -0.4 is 15.5 Å². The molecule has 8 nitrogen and oxygen atoms in total. The fraction of sp³-hybridized carbons (Fsp3) is 0.231. The molecule has 2 aromatic carbocycles. The van der Waals surface area contributed by atoms with Gasteiger partial charge in [-0.05, 0) is 55.0 Å². The maximum atomic E-state index is 14.2. The van der Waals surface area contributed by atoms with Crippen molar-refractivity contribution in [1.29, 1.82) is 0 Å². The number of benzene rings is 2. The van der Waals surface area contributed by atoms with Crippen molar-refractivity contribution in [3.63, 3.8) is 0 Å². The highest BCUT2D eigenvalue weighted by molar-refractivity contribution is 6.32. The Hall–Kier alpha value is -4.19. The molecule has 0 bridgehead atoms. The third kappa shape index (κ3) is 7.66. The zero-order chi connectivity index (χ0) is 28.7. The molecule has 2 N–H and O–H groups in total. The summed E-state index contributed by atoms with van der Waals surface area (Å²) in [5.74, 6) is -1.01. The number of amides is 2. The smallest absolute Gasteiger partial charge is 0.369 e. The topological polar surface area (TPSA) is 90.5 Å². The maximum absolute atomic E-state index is 14.2. The van der Waals surface area contributed by atoms with E-state index in [1.54, 1.807) is 7.05 Å². The second-order valence-electron chi connectivity index (χ2n) is 8.36. The largest absolute Gasteiger partial charge is 0.416 e. The van der Waals surface area contributed by atoms with Gasteiger partial charge >= 0.3 is 6.18 Å². The van der Waals surface area contributed by atoms with E-state index in [-0.39, 0.29) is 22.2 Å². The van der Waals surface area contributed by atoms with E-state index in [1.807, 2.05) is 0 Å². The zero-order valence-electron chi connectivity index (χ0n) is 21.0. The first-order valence-corrected chi connectivity index (χ1v) is 11.9. The summed E-state index contributed by atoms with van der Waals surface area (Å²) >= 11 is 6.19. The lowest BCUT2D eigenvalue weighted by Crippen LogP contribution is -2.29. The second-order valence-corrected chi connectivity index (χ2v) is 8.77. The summed E-state index contributed by atoms with van der Waals surface area (Å²) in [5, 5.41) is 6.22. The number of aromatic nitrogens is 2. The molecule has 0 aliphatic heterocycles. The Morgan fingerprint density at radius 3 is 2.46 bits per heavy atom. The van der Waals surface area contributed by atoms with Crippen molar-refractivity contribution < 1.29 is 27.2 Å². The second kappa shape index (κ2) is 12.6. The van der Waals surface area contributed by atoms with E-state index in [1.165, 1.54) is 36.3 Å². The molecule has 13 heteroatoms. The van der Waals surface area contributed by atoms with Crippen molar-refractivity contribution in [2.24, 2.45) is 0 Å². The number of carbonyl (C=O) groups is 2. The Morgan fingerprint density at radius 2 is 1.82 bits per heavy atom. The molecular weight excluding hydrogens is 540 g/mol. The summed E-state index contributed by atoms with van der Waals surface area (Å²) in [5.41, 5.74) is -0.215. The average Bonchev–Trinajstić information content (AvgIpc) is 2.91. The van der Waals surface area contributed by atoms with Gasteiger partial charge in [0, 0.05) is 38.4 Å². The lowest BCUT2D eigenvalue weighted by Gasteiger charge is -2.18. The van der Waals surface area contributed by atoms with Crippen LogP contribution in [0.5, 0.6) is 0 Å². The van der Waals surface area contributed by atoms with Gasteiger partial charge in [-0.25, -0.2) is 9.37 Å². The zero-order valence-corrected chi connectivity index (χ0v) is 21.8. The van der Waals surface area contributed by atoms with Crippen molar-refractivity contribution in [3.8, 4) is 0 Å². The number of hydrogen-bond donors (Lipinski definition) is 2. The van der Waals surface area contributed by atoms with E-state index in [4.69, 9.17) is 11.6 Å². The van der Waals surface area contributed by atoms with Gasteiger partial charge in [-0.3, -0.25) is 9.59 Å². The lowest BCUT2D eigenvalue weighted by molar-refractivity contribution is -0.137. The number of nitrogens with zero attached hydrogens (tertiary/aromatic N) is 4. The molecule has 0 aliphatic rings. The Kier molecular flexibility index (Phi) is 9.47. The summed E-state index contributed by atoms with van der Waals surface area (Å²) in [6.07, 6.45) is -1.54. The van der Waals surface area contributed by atoms with Crippen LogP contribution in [0.4, 0.5) is 40.7 Å². The first-order valence-electron chi connectivity index (χ1n) is 11.6. The van der Waals surface area contributed by atoms with E-state index in [9.17, 15) is 27.2 Å². The molecule has 0 aliphatic carbocycles. The molecule has 1 aromatic heterocycles. The summed E-state index contributed by atoms with van der Waals surface area (Å²) < 4.78 is 52.4. The third-order valence-corrected chi connectivity index (χ3v) is 5.86. The summed E-state index contributed by atoms with van der Waals surface area (Å²) in [7, 11) is 2.97. The number of halogens is 5. The van der Waals surface area contributed by atoms with Gasteiger partial charge in [0.15, 0.2) is 0 Å². The minimum absolute atomic E-state index is 0.0344. The molecule has 0 saturated heterocycles. The van der Waals surface area contributed by atoms with Crippen molar-refractivity contribution >= 4 is 46.6 Å². The highest BCUT2D eigenvalue weighted by Gasteiger charge is 2.30. The predicted octanol–water partition coefficient (Wildman–Crippen LogP) is 5.75. The lowest BCUT2D eigenvalue weighted by atomic mass is 10.1. The van der Waals surface area contributed by atoms with E-state index in [0.29, 0.717) is 31.0 Å². The quantitative estimate of drug-likeness (QED) is 0.185. The Bertz CT molecular complexity index is 1350. The van der Waals surface area contributed by atoms with Gasteiger partial charge in [0.1, 0.15) is 16.7 Å². The monoisotopic (exact) mass is 564 g/mol. The fourth-order valence-electron chi connectivity index (χ4n) is 3.43. The number of rotatable bonds is 10. The van der Waals surface area contributed by atoms with Crippen LogP contribution in [0, 0.1) is 5.82 Å². The van der Waals surface area contributed by atoms with E-state index >= 15 is 0 Å². The van der Waals surface area contributed by atoms with Crippen LogP contribution in [-0.4, -0.2) is 53.9 Å². The minimum Gasteiger partial charge on any atom is -0.369 e. The number of anilines is 4. The Balaban J connectivity index is 1.57. The molecule has 0 saturated carbocycles. The van der Waals surface area contributed by atoms with Crippen LogP contribution in [0.25, 0.3) is 0 Å². The van der Waals surface area contributed by atoms with Gasteiger partial charge in [0.25, 0.3) is 5.91 Å². The SMILES string of the molecule is C=CC(=O)N(C)c1cc(Nc2ncc(Cl)c(NCCCN(C)C(=O)c3ccc(C(F)(F)F)cc3)n2)ccc1F. The summed E-state index contributed by atoms with van der Waals surface area (Å²) in [6.45, 7) is 4.08. The van der Waals surface area contributed by atoms with Crippen molar-refractivity contribution in [3.05, 3.63) is 83.3 Å². The molecule has 1 heterocycles. The molecule has 0 fully saturated rings. The van der Waals surface area contributed by atoms with Gasteiger partial charge in [-0.2, -0.15) is 18.2 Å². The number of hydrogen-bond acceptors (Lipinski definition) is 6. The van der Waals surface area contributed by atoms with E-state index in [0.717, 1.165) is 35.2 Å². The summed E-state index contributed by atoms with van der Waals surface area (Å²) in [4.78, 5) is 35.3. The Labute approximate surface area is 227 Å². The maximum Gasteiger partial charge on any atom is 0.416 e. The normalized spacial score (nSPS) is 11.1. The number of carbonyl (C=O) groups excluding carboxylic acids is 2. The van der Waals surface area contributed by atoms with Gasteiger partial charge in [-0.15, -0.1) is 0 Å². The van der Waals surface area contributed by atoms with Gasteiger partial charge in [0.2, 0.25) is 11.9 Å². The van der Waals surface area contributed by atoms with Crippen molar-refractivity contribution in [2.45, 2.75) is 12.6 Å². The summed E-state index contributed by atoms with van der Waals surface area (Å²) in [6, 6.07) is 8.12. The standard InChI is InChI=1S/C26H25ClF4N6O2/c1-4-22(38)37(3)21-14-18(10-11-20(21)28)34-25-33-15-19(27)23(35-25)32-12-5-13-36(2)24(39)16-6-8-17(9-7-16)26(29,30)31/h4,6-11,14-15H,1,5,12-13H2,2-3H3,(H2,32,33,34,35). The number of alkyl halides is 3. The Morgan fingerprint density at radius 1 is 1.13 bits per heavy atom. The highest BCUT2D eigenvalue weighted by Crippen LogP contribution is 2.29. The highest BCUT2D eigenvalue weighted by atomic mass is 35.5. The van der Waals surface area contributed by atoms with Crippen LogP contribution in [0.3, 0.4) is 0 Å². The molecule has 0 unspecified atom stereocenters. The molecular formula is C26H25ClF4N6O2. The van der Waals surface area contributed by atoms with E-state index < -0.39 is 29.4 Å². The van der Waals surface area contributed by atoms with Crippen LogP contribution in [-0.2, 0) is 11.0 Å². The molecule has 0 radical (unpaired) electrons. The first-order chi connectivity index (χ1) is 18.4. The average molecular weight is 565 g/mol. The molecule has 39 heavy (non-hydrogen) atoms. The molecule has 3 rings (SSSR count). The molecule has 206 valence electrons. The fourth-order valence-corrected chi connectivity index (χ4v) is 3.59. The predicted molar refractivity (Wildman–Crippen MR) is 142 cm³/mol. The van der Waals surface area contributed by atoms with Gasteiger partial charge in [-0.1, -0.05) is 18.2 Å². The van der Waals surface area contributed by atoms with Crippen LogP contribution in [0.2, 0.25) is 5.02 Å². The van der Waals surface area contributed by atoms with Gasteiger partial charge in [0.05, 0.1) is 17.4 Å². The van der Waals surface area contributed by atoms with E-state index in [2.05, 4.69) is 27.2 Å². The van der Waals surface area contributed by atoms with Crippen molar-refractivity contribution in [1.82, 2.24) is 14.9 Å². The van der Waals surface area contributed by atoms with Crippen molar-refractivity contribution in [2.75, 3.05) is 42.7 Å². The molecule has 3 aromatic rings. The van der Waals surface area contributed by atoms with Gasteiger partial charge < -0.3 is 20.4 Å². The van der Waals surface area contributed by atoms with Crippen LogP contribution in [0.15, 0.2) is 61.3 Å². The first kappa shape index (κ1) is 29.4. The molecule has 0 atom stereocenters. The number of nitrogens with one attached hydrogen (secondary N) is 2. The molecule has 0 spiro atoms. The minimum atomic E-state index is -4.47. The molecule has 2 amide bonds. The third-order valence-electron chi connectivity index (χ3n) is 5.58. The number of likely N-dealkylation sites (N-methyl/N-ethyl adjacent to an activating group) is 1. The van der Waals surface area contributed by atoms with Crippen LogP contribution in [0.1, 0.15) is 22.3 Å².